The number of carbonyl (C=O) groups is 2. The van der Waals surface area contributed by atoms with Crippen LogP contribution in [0.15, 0.2) is 47.6 Å². The number of nitrogens with zero attached hydrogens (tertiary/aromatic N) is 1. The second-order valence-corrected chi connectivity index (χ2v) is 5.15. The lowest BCUT2D eigenvalue weighted by molar-refractivity contribution is -0.120. The molecule has 2 rings (SSSR count). The smallest absolute Gasteiger partial charge is 0.259 e. The van der Waals surface area contributed by atoms with E-state index in [0.717, 1.165) is 6.07 Å². The van der Waals surface area contributed by atoms with E-state index >= 15 is 0 Å². The Morgan fingerprint density at radius 3 is 2.81 bits per heavy atom. The van der Waals surface area contributed by atoms with Gasteiger partial charge in [0, 0.05) is 5.56 Å². The summed E-state index contributed by atoms with van der Waals surface area (Å²) in [6.45, 7) is 1.88. The lowest BCUT2D eigenvalue weighted by Crippen LogP contribution is -2.34. The van der Waals surface area contributed by atoms with Crippen LogP contribution in [0.4, 0.5) is 4.39 Å². The van der Waals surface area contributed by atoms with Crippen LogP contribution >= 0.6 is 0 Å². The van der Waals surface area contributed by atoms with E-state index in [4.69, 9.17) is 4.74 Å². The average Bonchev–Trinajstić information content (AvgIpc) is 2.62. The van der Waals surface area contributed by atoms with Crippen LogP contribution in [-0.2, 0) is 4.79 Å². The Hall–Kier alpha value is -3.42. The number of hydrazone groups is 1. The Balaban J connectivity index is 1.84. The summed E-state index contributed by atoms with van der Waals surface area (Å²) in [5.74, 6) is -1.33. The van der Waals surface area contributed by atoms with Crippen molar-refractivity contribution in [2.75, 3.05) is 13.2 Å². The molecule has 0 aliphatic heterocycles. The molecule has 136 valence electrons. The van der Waals surface area contributed by atoms with Crippen molar-refractivity contribution in [3.05, 3.63) is 59.4 Å². The summed E-state index contributed by atoms with van der Waals surface area (Å²) in [5, 5.41) is 15.7. The normalized spacial score (nSPS) is 10.5. The third-order valence-corrected chi connectivity index (χ3v) is 3.18. The fourth-order valence-corrected chi connectivity index (χ4v) is 1.99. The highest BCUT2D eigenvalue weighted by atomic mass is 19.1. The predicted octanol–water partition coefficient (Wildman–Crippen LogP) is 1.81. The van der Waals surface area contributed by atoms with E-state index in [9.17, 15) is 19.1 Å². The first-order valence-electron chi connectivity index (χ1n) is 7.81. The topological polar surface area (TPSA) is 100 Å². The third-order valence-electron chi connectivity index (χ3n) is 3.18. The van der Waals surface area contributed by atoms with Gasteiger partial charge in [-0.1, -0.05) is 6.07 Å². The van der Waals surface area contributed by atoms with Crippen molar-refractivity contribution in [3.8, 4) is 11.5 Å². The van der Waals surface area contributed by atoms with E-state index in [2.05, 4.69) is 15.8 Å². The van der Waals surface area contributed by atoms with E-state index in [0.29, 0.717) is 17.9 Å². The summed E-state index contributed by atoms with van der Waals surface area (Å²) >= 11 is 0. The zero-order valence-corrected chi connectivity index (χ0v) is 14.0. The molecule has 0 saturated carbocycles. The molecule has 0 fully saturated rings. The number of nitrogens with one attached hydrogen (secondary N) is 2. The van der Waals surface area contributed by atoms with Crippen LogP contribution < -0.4 is 15.5 Å². The fourth-order valence-electron chi connectivity index (χ4n) is 1.99. The first-order valence-corrected chi connectivity index (χ1v) is 7.81. The molecule has 0 spiro atoms. The molecule has 0 unspecified atom stereocenters. The number of phenols is 1. The van der Waals surface area contributed by atoms with Crippen LogP contribution in [-0.4, -0.2) is 36.3 Å². The molecule has 26 heavy (non-hydrogen) atoms. The Morgan fingerprint density at radius 2 is 2.08 bits per heavy atom. The second kappa shape index (κ2) is 9.16. The maximum atomic E-state index is 13.1. The number of ether oxygens (including phenoxy) is 1. The van der Waals surface area contributed by atoms with Gasteiger partial charge in [-0.25, -0.2) is 9.82 Å². The number of amides is 2. The summed E-state index contributed by atoms with van der Waals surface area (Å²) in [7, 11) is 0. The van der Waals surface area contributed by atoms with Gasteiger partial charge >= 0.3 is 0 Å². The number of benzene rings is 2. The van der Waals surface area contributed by atoms with Gasteiger partial charge < -0.3 is 15.2 Å². The zero-order valence-electron chi connectivity index (χ0n) is 14.0. The van der Waals surface area contributed by atoms with Crippen molar-refractivity contribution in [3.63, 3.8) is 0 Å². The molecule has 3 N–H and O–H groups in total. The number of halogens is 1. The van der Waals surface area contributed by atoms with Gasteiger partial charge in [0.2, 0.25) is 0 Å². The van der Waals surface area contributed by atoms with Crippen molar-refractivity contribution < 1.29 is 23.8 Å². The monoisotopic (exact) mass is 359 g/mol. The van der Waals surface area contributed by atoms with E-state index in [1.54, 1.807) is 19.1 Å². The fraction of sp³-hybridized carbons (Fsp3) is 0.167. The summed E-state index contributed by atoms with van der Waals surface area (Å²) in [5.41, 5.74) is 2.98. The van der Waals surface area contributed by atoms with E-state index in [1.807, 2.05) is 0 Å². The number of phenolic OH excluding ortho intramolecular Hbond substituents is 1. The van der Waals surface area contributed by atoms with Crippen molar-refractivity contribution >= 4 is 18.0 Å². The van der Waals surface area contributed by atoms with E-state index in [-0.39, 0.29) is 17.9 Å². The number of rotatable bonds is 7. The van der Waals surface area contributed by atoms with E-state index < -0.39 is 17.6 Å². The molecule has 0 heterocycles. The minimum absolute atomic E-state index is 0.00750. The van der Waals surface area contributed by atoms with Crippen LogP contribution in [0.5, 0.6) is 11.5 Å². The molecule has 0 radical (unpaired) electrons. The highest BCUT2D eigenvalue weighted by molar-refractivity contribution is 5.96. The summed E-state index contributed by atoms with van der Waals surface area (Å²) in [4.78, 5) is 23.5. The maximum Gasteiger partial charge on any atom is 0.259 e. The highest BCUT2D eigenvalue weighted by Crippen LogP contribution is 2.26. The highest BCUT2D eigenvalue weighted by Gasteiger charge is 2.08. The molecule has 2 aromatic carbocycles. The van der Waals surface area contributed by atoms with Crippen LogP contribution in [0.1, 0.15) is 22.8 Å². The largest absolute Gasteiger partial charge is 0.504 e. The van der Waals surface area contributed by atoms with Gasteiger partial charge in [0.1, 0.15) is 5.82 Å². The van der Waals surface area contributed by atoms with Gasteiger partial charge in [0.25, 0.3) is 11.8 Å². The minimum Gasteiger partial charge on any atom is -0.504 e. The number of aromatic hydroxyl groups is 1. The molecular weight excluding hydrogens is 341 g/mol. The number of hydrogen-bond acceptors (Lipinski definition) is 5. The molecule has 0 atom stereocenters. The van der Waals surface area contributed by atoms with Gasteiger partial charge in [0.05, 0.1) is 19.4 Å². The Kier molecular flexibility index (Phi) is 6.67. The Labute approximate surface area is 149 Å². The van der Waals surface area contributed by atoms with Crippen LogP contribution in [0, 0.1) is 5.82 Å². The van der Waals surface area contributed by atoms with Crippen molar-refractivity contribution in [1.29, 1.82) is 0 Å². The maximum absolute atomic E-state index is 13.1. The molecule has 8 heteroatoms. The van der Waals surface area contributed by atoms with Crippen molar-refractivity contribution in [1.82, 2.24) is 10.7 Å². The molecule has 0 bridgehead atoms. The summed E-state index contributed by atoms with van der Waals surface area (Å²) in [6, 6.07) is 9.76. The summed E-state index contributed by atoms with van der Waals surface area (Å²) < 4.78 is 18.3. The van der Waals surface area contributed by atoms with Gasteiger partial charge in [0.15, 0.2) is 11.5 Å². The summed E-state index contributed by atoms with van der Waals surface area (Å²) in [6.07, 6.45) is 1.37. The Bertz CT molecular complexity index is 824. The first-order chi connectivity index (χ1) is 12.5. The molecule has 2 amide bonds. The van der Waals surface area contributed by atoms with Crippen LogP contribution in [0.25, 0.3) is 0 Å². The quantitative estimate of drug-likeness (QED) is 0.518. The molecule has 0 aliphatic rings. The molecule has 0 aliphatic carbocycles. The lowest BCUT2D eigenvalue weighted by Gasteiger charge is -2.06. The SMILES string of the molecule is CCOc1cc(/C=N/NC(=O)CNC(=O)c2cccc(F)c2)ccc1O. The van der Waals surface area contributed by atoms with Gasteiger partial charge in [-0.05, 0) is 48.9 Å². The molecule has 2 aromatic rings. The predicted molar refractivity (Wildman–Crippen MR) is 93.7 cm³/mol. The Morgan fingerprint density at radius 1 is 1.27 bits per heavy atom. The molecule has 0 aromatic heterocycles. The van der Waals surface area contributed by atoms with Gasteiger partial charge in [-0.3, -0.25) is 9.59 Å². The van der Waals surface area contributed by atoms with E-state index in [1.165, 1.54) is 30.5 Å². The second-order valence-electron chi connectivity index (χ2n) is 5.15. The molecule has 0 saturated heterocycles. The molecule has 7 nitrogen and oxygen atoms in total. The minimum atomic E-state index is -0.566. The van der Waals surface area contributed by atoms with Gasteiger partial charge in [-0.15, -0.1) is 0 Å². The zero-order chi connectivity index (χ0) is 18.9. The third kappa shape index (κ3) is 5.59. The van der Waals surface area contributed by atoms with Crippen molar-refractivity contribution in [2.45, 2.75) is 6.92 Å². The van der Waals surface area contributed by atoms with Crippen molar-refractivity contribution in [2.24, 2.45) is 5.10 Å². The van der Waals surface area contributed by atoms with Gasteiger partial charge in [-0.2, -0.15) is 5.10 Å². The van der Waals surface area contributed by atoms with Crippen LogP contribution in [0.2, 0.25) is 0 Å². The molecular formula is C18H18FN3O4. The average molecular weight is 359 g/mol. The number of hydrogen-bond donors (Lipinski definition) is 3. The lowest BCUT2D eigenvalue weighted by atomic mass is 10.2. The standard InChI is InChI=1S/C18H18FN3O4/c1-2-26-16-8-12(6-7-15(16)23)10-21-22-17(24)11-20-18(25)13-4-3-5-14(19)9-13/h3-10,23H,2,11H2,1H3,(H,20,25)(H,22,24)/b21-10+. The number of carbonyl (C=O) groups excluding carboxylic acids is 2. The first kappa shape index (κ1) is 18.9. The van der Waals surface area contributed by atoms with Crippen LogP contribution in [0.3, 0.4) is 0 Å².